The van der Waals surface area contributed by atoms with Crippen molar-refractivity contribution in [1.29, 1.82) is 0 Å². The number of methoxy groups -OCH3 is 1. The monoisotopic (exact) mass is 653 g/mol. The van der Waals surface area contributed by atoms with Crippen molar-refractivity contribution in [3.05, 3.63) is 108 Å². The van der Waals surface area contributed by atoms with Crippen molar-refractivity contribution in [2.45, 2.75) is 16.0 Å². The SMILES string of the molecule is COc1ccc(NS(=O)(=O)c2ccc(NC(=O)CN(c3cc(C(F)(F)F)ccc3Cl)S(=O)(=O)c3ccccc3)cc2)cc1. The van der Waals surface area contributed by atoms with Crippen molar-refractivity contribution in [2.75, 3.05) is 28.0 Å². The number of carbonyl (C=O) groups excluding carboxylic acids is 1. The van der Waals surface area contributed by atoms with E-state index in [9.17, 15) is 34.8 Å². The molecule has 0 aromatic heterocycles. The van der Waals surface area contributed by atoms with Crippen LogP contribution in [0.4, 0.5) is 30.2 Å². The van der Waals surface area contributed by atoms with Gasteiger partial charge < -0.3 is 10.1 Å². The molecule has 1 amide bonds. The molecule has 4 aromatic rings. The van der Waals surface area contributed by atoms with Crippen LogP contribution in [0.2, 0.25) is 5.02 Å². The standard InChI is InChI=1S/C28H23ClF3N3O6S2/c1-41-22-12-8-21(9-13-22)34-42(37,38)23-14-10-20(11-15-23)33-27(36)18-35(43(39,40)24-5-3-2-4-6-24)26-17-19(28(30,31)32)7-16-25(26)29/h2-17,34H,18H2,1H3,(H,33,36). The molecule has 4 rings (SSSR count). The Morgan fingerprint density at radius 1 is 0.837 bits per heavy atom. The summed E-state index contributed by atoms with van der Waals surface area (Å²) >= 11 is 6.14. The Morgan fingerprint density at radius 2 is 1.44 bits per heavy atom. The minimum atomic E-state index is -4.81. The molecule has 0 atom stereocenters. The lowest BCUT2D eigenvalue weighted by Gasteiger charge is -2.26. The number of ether oxygens (including phenoxy) is 1. The summed E-state index contributed by atoms with van der Waals surface area (Å²) in [4.78, 5) is 12.6. The number of halogens is 4. The molecule has 0 unspecified atom stereocenters. The fourth-order valence-corrected chi connectivity index (χ4v) is 6.60. The van der Waals surface area contributed by atoms with Crippen molar-refractivity contribution < 1.29 is 39.5 Å². The third-order valence-electron chi connectivity index (χ3n) is 5.95. The average molecular weight is 654 g/mol. The Morgan fingerprint density at radius 3 is 2.02 bits per heavy atom. The van der Waals surface area contributed by atoms with Gasteiger partial charge in [0, 0.05) is 11.4 Å². The summed E-state index contributed by atoms with van der Waals surface area (Å²) in [5.74, 6) is -0.395. The van der Waals surface area contributed by atoms with Crippen molar-refractivity contribution >= 4 is 54.6 Å². The van der Waals surface area contributed by atoms with Crippen LogP contribution >= 0.6 is 11.6 Å². The second-order valence-electron chi connectivity index (χ2n) is 8.90. The lowest BCUT2D eigenvalue weighted by atomic mass is 10.2. The first-order chi connectivity index (χ1) is 20.2. The van der Waals surface area contributed by atoms with E-state index in [1.165, 1.54) is 67.8 Å². The van der Waals surface area contributed by atoms with Gasteiger partial charge in [-0.2, -0.15) is 13.2 Å². The van der Waals surface area contributed by atoms with Crippen LogP contribution in [0.1, 0.15) is 5.56 Å². The molecule has 43 heavy (non-hydrogen) atoms. The number of hydrogen-bond acceptors (Lipinski definition) is 6. The Hall–Kier alpha value is -4.27. The predicted molar refractivity (Wildman–Crippen MR) is 156 cm³/mol. The minimum absolute atomic E-state index is 0.0978. The molecule has 4 aromatic carbocycles. The van der Waals surface area contributed by atoms with Crippen LogP contribution in [0, 0.1) is 0 Å². The normalized spacial score (nSPS) is 11.9. The van der Waals surface area contributed by atoms with Gasteiger partial charge in [-0.3, -0.25) is 13.8 Å². The Balaban J connectivity index is 1.58. The lowest BCUT2D eigenvalue weighted by Crippen LogP contribution is -2.38. The van der Waals surface area contributed by atoms with Crippen LogP contribution in [0.15, 0.2) is 107 Å². The fraction of sp³-hybridized carbons (Fsp3) is 0.107. The summed E-state index contributed by atoms with van der Waals surface area (Å²) < 4.78 is 101. The van der Waals surface area contributed by atoms with E-state index < -0.39 is 49.9 Å². The summed E-state index contributed by atoms with van der Waals surface area (Å²) in [5, 5.41) is 2.10. The second-order valence-corrected chi connectivity index (χ2v) is 12.8. The van der Waals surface area contributed by atoms with E-state index in [0.29, 0.717) is 22.2 Å². The van der Waals surface area contributed by atoms with Gasteiger partial charge >= 0.3 is 6.18 Å². The molecule has 2 N–H and O–H groups in total. The Labute approximate surface area is 251 Å². The van der Waals surface area contributed by atoms with E-state index in [1.807, 2.05) is 0 Å². The molecule has 0 bridgehead atoms. The highest BCUT2D eigenvalue weighted by Gasteiger charge is 2.34. The topological polar surface area (TPSA) is 122 Å². The number of anilines is 3. The van der Waals surface area contributed by atoms with E-state index in [1.54, 1.807) is 18.2 Å². The van der Waals surface area contributed by atoms with Crippen molar-refractivity contribution in [3.63, 3.8) is 0 Å². The maximum Gasteiger partial charge on any atom is 0.416 e. The highest BCUT2D eigenvalue weighted by molar-refractivity contribution is 7.93. The molecule has 0 saturated heterocycles. The largest absolute Gasteiger partial charge is 0.497 e. The molecule has 9 nitrogen and oxygen atoms in total. The first-order valence-corrected chi connectivity index (χ1v) is 15.5. The molecule has 226 valence electrons. The zero-order chi connectivity index (χ0) is 31.4. The number of nitrogens with zero attached hydrogens (tertiary/aromatic N) is 1. The van der Waals surface area contributed by atoms with E-state index in [0.717, 1.165) is 6.07 Å². The van der Waals surface area contributed by atoms with E-state index in [4.69, 9.17) is 16.3 Å². The molecule has 0 saturated carbocycles. The van der Waals surface area contributed by atoms with Crippen LogP contribution in [0.3, 0.4) is 0 Å². The summed E-state index contributed by atoms with van der Waals surface area (Å²) in [6, 6.07) is 20.1. The van der Waals surface area contributed by atoms with E-state index in [2.05, 4.69) is 10.0 Å². The molecule has 0 fully saturated rings. The van der Waals surface area contributed by atoms with Crippen molar-refractivity contribution in [3.8, 4) is 5.75 Å². The number of benzene rings is 4. The molecule has 0 aliphatic carbocycles. The van der Waals surface area contributed by atoms with Crippen LogP contribution < -0.4 is 19.1 Å². The summed E-state index contributed by atoms with van der Waals surface area (Å²) in [6.07, 6.45) is -4.81. The van der Waals surface area contributed by atoms with Gasteiger partial charge in [-0.05, 0) is 78.9 Å². The minimum Gasteiger partial charge on any atom is -0.497 e. The van der Waals surface area contributed by atoms with E-state index >= 15 is 0 Å². The van der Waals surface area contributed by atoms with Gasteiger partial charge in [0.1, 0.15) is 12.3 Å². The zero-order valence-electron chi connectivity index (χ0n) is 22.2. The smallest absolute Gasteiger partial charge is 0.416 e. The molecule has 0 radical (unpaired) electrons. The number of alkyl halides is 3. The van der Waals surface area contributed by atoms with Gasteiger partial charge in [-0.1, -0.05) is 29.8 Å². The number of hydrogen-bond donors (Lipinski definition) is 2. The van der Waals surface area contributed by atoms with Crippen molar-refractivity contribution in [2.24, 2.45) is 0 Å². The van der Waals surface area contributed by atoms with E-state index in [-0.39, 0.29) is 26.2 Å². The van der Waals surface area contributed by atoms with Crippen LogP contribution in [-0.2, 0) is 31.0 Å². The quantitative estimate of drug-likeness (QED) is 0.217. The van der Waals surface area contributed by atoms with Gasteiger partial charge in [-0.25, -0.2) is 16.8 Å². The maximum atomic E-state index is 13.5. The average Bonchev–Trinajstić information content (AvgIpc) is 2.96. The van der Waals surface area contributed by atoms with Crippen LogP contribution in [-0.4, -0.2) is 36.4 Å². The molecule has 0 heterocycles. The first-order valence-electron chi connectivity index (χ1n) is 12.2. The summed E-state index contributed by atoms with van der Waals surface area (Å²) in [7, 11) is -7.09. The molecule has 0 aliphatic heterocycles. The van der Waals surface area contributed by atoms with Gasteiger partial charge in [0.05, 0.1) is 33.2 Å². The third-order valence-corrected chi connectivity index (χ3v) is 9.44. The van der Waals surface area contributed by atoms with Gasteiger partial charge in [0.15, 0.2) is 0 Å². The Kier molecular flexibility index (Phi) is 9.23. The summed E-state index contributed by atoms with van der Waals surface area (Å²) in [5.41, 5.74) is -1.34. The van der Waals surface area contributed by atoms with Gasteiger partial charge in [0.2, 0.25) is 5.91 Å². The second kappa shape index (κ2) is 12.5. The third kappa shape index (κ3) is 7.58. The zero-order valence-corrected chi connectivity index (χ0v) is 24.6. The lowest BCUT2D eigenvalue weighted by molar-refractivity contribution is -0.137. The molecule has 0 spiro atoms. The first kappa shape index (κ1) is 31.7. The highest BCUT2D eigenvalue weighted by Crippen LogP contribution is 2.37. The Bertz CT molecular complexity index is 1820. The number of carbonyl (C=O) groups is 1. The van der Waals surface area contributed by atoms with Gasteiger partial charge in [0.25, 0.3) is 20.0 Å². The number of sulfonamides is 2. The highest BCUT2D eigenvalue weighted by atomic mass is 35.5. The maximum absolute atomic E-state index is 13.5. The molecular weight excluding hydrogens is 631 g/mol. The van der Waals surface area contributed by atoms with Crippen LogP contribution in [0.5, 0.6) is 5.75 Å². The number of rotatable bonds is 10. The molecular formula is C28H23ClF3N3O6S2. The van der Waals surface area contributed by atoms with Crippen LogP contribution in [0.25, 0.3) is 0 Å². The number of amides is 1. The molecule has 15 heteroatoms. The van der Waals surface area contributed by atoms with Gasteiger partial charge in [-0.15, -0.1) is 0 Å². The van der Waals surface area contributed by atoms with Crippen molar-refractivity contribution in [1.82, 2.24) is 0 Å². The predicted octanol–water partition coefficient (Wildman–Crippen LogP) is 6.00. The summed E-state index contributed by atoms with van der Waals surface area (Å²) in [6.45, 7) is -0.947. The number of nitrogens with one attached hydrogen (secondary N) is 2. The molecule has 0 aliphatic rings. The fourth-order valence-electron chi connectivity index (χ4n) is 3.82.